The fourth-order valence-corrected chi connectivity index (χ4v) is 3.41. The molecule has 1 heterocycles. The Labute approximate surface area is 173 Å². The van der Waals surface area contributed by atoms with Crippen LogP contribution in [-0.2, 0) is 11.2 Å². The number of imide groups is 1. The highest BCUT2D eigenvalue weighted by molar-refractivity contribution is 6.26. The van der Waals surface area contributed by atoms with E-state index in [2.05, 4.69) is 5.43 Å². The first-order valence-electron chi connectivity index (χ1n) is 8.89. The van der Waals surface area contributed by atoms with Crippen LogP contribution in [-0.4, -0.2) is 32.6 Å². The smallest absolute Gasteiger partial charge is 0.273 e. The highest BCUT2D eigenvalue weighted by Gasteiger charge is 2.37. The van der Waals surface area contributed by atoms with E-state index in [9.17, 15) is 34.6 Å². The topological polar surface area (TPSA) is 153 Å². The van der Waals surface area contributed by atoms with Gasteiger partial charge in [-0.15, -0.1) is 0 Å². The van der Waals surface area contributed by atoms with Gasteiger partial charge in [-0.3, -0.25) is 40.0 Å². The van der Waals surface area contributed by atoms with Gasteiger partial charge in [-0.2, -0.15) is 5.01 Å². The Balaban J connectivity index is 1.79. The fraction of sp³-hybridized carbons (Fsp3) is 0.0500. The quantitative estimate of drug-likeness (QED) is 0.378. The SMILES string of the molecule is O=C(Cc1ccccc1)NN1C(=O)c2cc([N+](=O)[O-])cc3cc([N+](=O)[O-])cc(c23)C1=O. The third-order valence-electron chi connectivity index (χ3n) is 4.75. The number of nitro groups is 2. The van der Waals surface area contributed by atoms with E-state index in [0.29, 0.717) is 10.6 Å². The summed E-state index contributed by atoms with van der Waals surface area (Å²) in [6.07, 6.45) is -0.135. The molecule has 3 amide bonds. The summed E-state index contributed by atoms with van der Waals surface area (Å²) in [5.74, 6) is -2.62. The van der Waals surface area contributed by atoms with Crippen LogP contribution in [0, 0.1) is 20.2 Å². The van der Waals surface area contributed by atoms with Crippen molar-refractivity contribution in [1.82, 2.24) is 10.4 Å². The highest BCUT2D eigenvalue weighted by atomic mass is 16.6. The van der Waals surface area contributed by atoms with Gasteiger partial charge in [0.15, 0.2) is 0 Å². The number of hydrogen-bond donors (Lipinski definition) is 1. The van der Waals surface area contributed by atoms with Crippen LogP contribution in [0.3, 0.4) is 0 Å². The molecule has 4 rings (SSSR count). The lowest BCUT2D eigenvalue weighted by Gasteiger charge is -2.27. The molecule has 0 aromatic heterocycles. The van der Waals surface area contributed by atoms with Crippen LogP contribution in [0.1, 0.15) is 26.3 Å². The molecule has 3 aromatic rings. The second-order valence-corrected chi connectivity index (χ2v) is 6.74. The molecule has 0 unspecified atom stereocenters. The third-order valence-corrected chi connectivity index (χ3v) is 4.75. The van der Waals surface area contributed by atoms with Crippen LogP contribution in [0.5, 0.6) is 0 Å². The summed E-state index contributed by atoms with van der Waals surface area (Å²) >= 11 is 0. The molecular weight excluding hydrogens is 408 g/mol. The summed E-state index contributed by atoms with van der Waals surface area (Å²) in [5.41, 5.74) is 1.45. The molecule has 1 N–H and O–H groups in total. The van der Waals surface area contributed by atoms with Crippen molar-refractivity contribution in [3.8, 4) is 0 Å². The number of non-ortho nitro benzene ring substituents is 2. The molecule has 0 spiro atoms. The van der Waals surface area contributed by atoms with Crippen molar-refractivity contribution in [1.29, 1.82) is 0 Å². The van der Waals surface area contributed by atoms with E-state index in [1.54, 1.807) is 30.3 Å². The zero-order valence-corrected chi connectivity index (χ0v) is 15.6. The first kappa shape index (κ1) is 19.6. The first-order valence-corrected chi connectivity index (χ1v) is 8.89. The van der Waals surface area contributed by atoms with Gasteiger partial charge < -0.3 is 0 Å². The van der Waals surface area contributed by atoms with Crippen LogP contribution >= 0.6 is 0 Å². The molecule has 0 saturated carbocycles. The molecule has 0 fully saturated rings. The number of amides is 3. The summed E-state index contributed by atoms with van der Waals surface area (Å²) in [6.45, 7) is 0. The highest BCUT2D eigenvalue weighted by Crippen LogP contribution is 2.35. The molecule has 0 aliphatic carbocycles. The molecule has 1 aliphatic heterocycles. The van der Waals surface area contributed by atoms with Gasteiger partial charge >= 0.3 is 0 Å². The van der Waals surface area contributed by atoms with Crippen LogP contribution in [0.4, 0.5) is 11.4 Å². The number of carbonyl (C=O) groups excluding carboxylic acids is 3. The van der Waals surface area contributed by atoms with Gasteiger partial charge in [-0.05, 0) is 10.9 Å². The molecule has 0 bridgehead atoms. The zero-order chi connectivity index (χ0) is 22.3. The summed E-state index contributed by atoms with van der Waals surface area (Å²) < 4.78 is 0. The van der Waals surface area contributed by atoms with E-state index >= 15 is 0 Å². The van der Waals surface area contributed by atoms with Gasteiger partial charge in [0.2, 0.25) is 5.91 Å². The van der Waals surface area contributed by atoms with E-state index in [1.807, 2.05) is 0 Å². The van der Waals surface area contributed by atoms with E-state index in [4.69, 9.17) is 0 Å². The second-order valence-electron chi connectivity index (χ2n) is 6.74. The molecule has 0 atom stereocenters. The molecule has 0 radical (unpaired) electrons. The van der Waals surface area contributed by atoms with Crippen molar-refractivity contribution in [2.45, 2.75) is 6.42 Å². The lowest BCUT2D eigenvalue weighted by molar-refractivity contribution is -0.385. The minimum Gasteiger partial charge on any atom is -0.273 e. The van der Waals surface area contributed by atoms with E-state index < -0.39 is 38.9 Å². The summed E-state index contributed by atoms with van der Waals surface area (Å²) in [5, 5.41) is 23.0. The maximum absolute atomic E-state index is 12.9. The van der Waals surface area contributed by atoms with Gasteiger partial charge in [0.1, 0.15) is 0 Å². The number of nitrogens with one attached hydrogen (secondary N) is 1. The normalized spacial score (nSPS) is 12.7. The van der Waals surface area contributed by atoms with Crippen LogP contribution in [0.2, 0.25) is 0 Å². The number of hydrogen-bond acceptors (Lipinski definition) is 7. The standard InChI is InChI=1S/C20H12N4O7/c25-17(6-11-4-2-1-3-5-11)21-22-19(26)15-9-13(23(28)29)7-12-8-14(24(30)31)10-16(18(12)15)20(22)27/h1-5,7-10H,6H2,(H,21,25). The maximum Gasteiger partial charge on any atom is 0.280 e. The molecule has 154 valence electrons. The Morgan fingerprint density at radius 3 is 1.87 bits per heavy atom. The molecule has 0 saturated heterocycles. The molecule has 1 aliphatic rings. The van der Waals surface area contributed by atoms with Crippen molar-refractivity contribution in [2.24, 2.45) is 0 Å². The van der Waals surface area contributed by atoms with Crippen LogP contribution in [0.25, 0.3) is 10.8 Å². The second kappa shape index (κ2) is 7.30. The summed E-state index contributed by atoms with van der Waals surface area (Å²) in [7, 11) is 0. The number of rotatable bonds is 5. The fourth-order valence-electron chi connectivity index (χ4n) is 3.41. The third kappa shape index (κ3) is 3.44. The maximum atomic E-state index is 12.9. The number of benzene rings is 3. The van der Waals surface area contributed by atoms with E-state index in [0.717, 1.165) is 24.3 Å². The molecular formula is C20H12N4O7. The number of carbonyl (C=O) groups is 3. The van der Waals surface area contributed by atoms with Crippen LogP contribution in [0.15, 0.2) is 54.6 Å². The minimum atomic E-state index is -0.971. The Morgan fingerprint density at radius 2 is 1.39 bits per heavy atom. The van der Waals surface area contributed by atoms with Gasteiger partial charge in [-0.1, -0.05) is 30.3 Å². The first-order chi connectivity index (χ1) is 14.8. The Morgan fingerprint density at radius 1 is 0.871 bits per heavy atom. The summed E-state index contributed by atoms with van der Waals surface area (Å²) in [4.78, 5) is 59.3. The van der Waals surface area contributed by atoms with Gasteiger partial charge in [-0.25, -0.2) is 0 Å². The Bertz CT molecular complexity index is 1240. The Hall–Kier alpha value is -4.67. The number of hydrazine groups is 1. The molecule has 11 nitrogen and oxygen atoms in total. The van der Waals surface area contributed by atoms with Gasteiger partial charge in [0.25, 0.3) is 23.2 Å². The average Bonchev–Trinajstić information content (AvgIpc) is 2.74. The van der Waals surface area contributed by atoms with Crippen molar-refractivity contribution < 1.29 is 24.2 Å². The van der Waals surface area contributed by atoms with Crippen LogP contribution < -0.4 is 5.43 Å². The molecule has 31 heavy (non-hydrogen) atoms. The molecule has 11 heteroatoms. The van der Waals surface area contributed by atoms with E-state index in [1.165, 1.54) is 0 Å². The van der Waals surface area contributed by atoms with Gasteiger partial charge in [0, 0.05) is 29.7 Å². The zero-order valence-electron chi connectivity index (χ0n) is 15.6. The summed E-state index contributed by atoms with van der Waals surface area (Å²) in [6, 6.07) is 12.6. The number of nitrogens with zero attached hydrogens (tertiary/aromatic N) is 3. The van der Waals surface area contributed by atoms with E-state index in [-0.39, 0.29) is 28.3 Å². The monoisotopic (exact) mass is 420 g/mol. The predicted molar refractivity (Wildman–Crippen MR) is 106 cm³/mol. The van der Waals surface area contributed by atoms with Crippen molar-refractivity contribution in [3.05, 3.63) is 91.5 Å². The lowest BCUT2D eigenvalue weighted by atomic mass is 9.93. The lowest BCUT2D eigenvalue weighted by Crippen LogP contribution is -2.52. The molecule has 3 aromatic carbocycles. The van der Waals surface area contributed by atoms with Crippen molar-refractivity contribution in [2.75, 3.05) is 0 Å². The van der Waals surface area contributed by atoms with Gasteiger partial charge in [0.05, 0.1) is 27.4 Å². The average molecular weight is 420 g/mol. The Kier molecular flexibility index (Phi) is 4.62. The largest absolute Gasteiger partial charge is 0.280 e. The minimum absolute atomic E-state index is 0.00496. The van der Waals surface area contributed by atoms with Crippen molar-refractivity contribution in [3.63, 3.8) is 0 Å². The number of nitro benzene ring substituents is 2. The predicted octanol–water partition coefficient (Wildman–Crippen LogP) is 2.53. The van der Waals surface area contributed by atoms with Crippen molar-refractivity contribution >= 4 is 39.9 Å².